The zero-order valence-electron chi connectivity index (χ0n) is 9.65. The lowest BCUT2D eigenvalue weighted by atomic mass is 10.0. The fourth-order valence-corrected chi connectivity index (χ4v) is 1.91. The summed E-state index contributed by atoms with van der Waals surface area (Å²) in [6, 6.07) is 9.20. The van der Waals surface area contributed by atoms with E-state index in [4.69, 9.17) is 10.0 Å². The topological polar surface area (TPSA) is 65.3 Å². The molecule has 0 aromatic heterocycles. The Labute approximate surface area is 99.9 Å². The molecule has 2 rings (SSSR count). The van der Waals surface area contributed by atoms with Crippen molar-refractivity contribution < 1.29 is 15.2 Å². The summed E-state index contributed by atoms with van der Waals surface area (Å²) in [6.45, 7) is 2.49. The van der Waals surface area contributed by atoms with Gasteiger partial charge in [0.2, 0.25) is 0 Å². The van der Waals surface area contributed by atoms with Gasteiger partial charge in [0, 0.05) is 18.5 Å². The standard InChI is InChI=1S/C12H16N2O3/c1-9(14-8-7-11(15)17-14)12(13-16)10-5-3-2-4-6-10/h2-6,9,11,15-16H,7-8H2,1H3/b13-12+/t9-,11+/m0/s1. The largest absolute Gasteiger partial charge is 0.411 e. The lowest BCUT2D eigenvalue weighted by molar-refractivity contribution is -0.218. The summed E-state index contributed by atoms with van der Waals surface area (Å²) >= 11 is 0. The molecule has 0 aliphatic carbocycles. The van der Waals surface area contributed by atoms with Crippen molar-refractivity contribution in [2.24, 2.45) is 5.16 Å². The van der Waals surface area contributed by atoms with Gasteiger partial charge in [0.1, 0.15) is 5.71 Å². The molecule has 0 bridgehead atoms. The molecule has 1 fully saturated rings. The number of hydrogen-bond donors (Lipinski definition) is 2. The Balaban J connectivity index is 2.14. The van der Waals surface area contributed by atoms with E-state index in [0.717, 1.165) is 5.56 Å². The molecule has 0 radical (unpaired) electrons. The molecule has 1 aromatic carbocycles. The van der Waals surface area contributed by atoms with Crippen molar-refractivity contribution in [3.63, 3.8) is 0 Å². The minimum absolute atomic E-state index is 0.209. The second-order valence-corrected chi connectivity index (χ2v) is 4.02. The zero-order chi connectivity index (χ0) is 12.3. The maximum atomic E-state index is 9.31. The first kappa shape index (κ1) is 12.0. The molecule has 0 unspecified atom stereocenters. The zero-order valence-corrected chi connectivity index (χ0v) is 9.65. The van der Waals surface area contributed by atoms with Gasteiger partial charge >= 0.3 is 0 Å². The van der Waals surface area contributed by atoms with Crippen LogP contribution < -0.4 is 0 Å². The van der Waals surface area contributed by atoms with Gasteiger partial charge in [-0.15, -0.1) is 0 Å². The van der Waals surface area contributed by atoms with E-state index >= 15 is 0 Å². The van der Waals surface area contributed by atoms with Crippen LogP contribution in [-0.4, -0.2) is 40.0 Å². The Morgan fingerprint density at radius 3 is 2.71 bits per heavy atom. The minimum Gasteiger partial charge on any atom is -0.411 e. The molecule has 1 aliphatic heterocycles. The van der Waals surface area contributed by atoms with Crippen LogP contribution in [0.1, 0.15) is 18.9 Å². The summed E-state index contributed by atoms with van der Waals surface area (Å²) in [5, 5.41) is 23.4. The van der Waals surface area contributed by atoms with Crippen molar-refractivity contribution in [2.45, 2.75) is 25.7 Å². The fraction of sp³-hybridized carbons (Fsp3) is 0.417. The van der Waals surface area contributed by atoms with Gasteiger partial charge in [-0.25, -0.2) is 0 Å². The van der Waals surface area contributed by atoms with Gasteiger partial charge in [0.05, 0.1) is 6.04 Å². The van der Waals surface area contributed by atoms with E-state index in [0.29, 0.717) is 18.7 Å². The van der Waals surface area contributed by atoms with Crippen molar-refractivity contribution in [3.05, 3.63) is 35.9 Å². The molecule has 1 heterocycles. The average molecular weight is 236 g/mol. The van der Waals surface area contributed by atoms with Crippen LogP contribution in [0.15, 0.2) is 35.5 Å². The van der Waals surface area contributed by atoms with Crippen LogP contribution in [0.5, 0.6) is 0 Å². The maximum Gasteiger partial charge on any atom is 0.176 e. The van der Waals surface area contributed by atoms with Gasteiger partial charge in [0.25, 0.3) is 0 Å². The van der Waals surface area contributed by atoms with E-state index in [9.17, 15) is 5.11 Å². The van der Waals surface area contributed by atoms with Crippen LogP contribution in [0.2, 0.25) is 0 Å². The predicted octanol–water partition coefficient (Wildman–Crippen LogP) is 1.21. The maximum absolute atomic E-state index is 9.31. The second-order valence-electron chi connectivity index (χ2n) is 4.02. The number of oxime groups is 1. The minimum atomic E-state index is -0.756. The van der Waals surface area contributed by atoms with E-state index < -0.39 is 6.29 Å². The van der Waals surface area contributed by atoms with E-state index in [1.165, 1.54) is 0 Å². The van der Waals surface area contributed by atoms with Crippen LogP contribution >= 0.6 is 0 Å². The number of nitrogens with zero attached hydrogens (tertiary/aromatic N) is 2. The number of rotatable bonds is 3. The molecule has 1 aromatic rings. The highest BCUT2D eigenvalue weighted by molar-refractivity contribution is 6.03. The van der Waals surface area contributed by atoms with Gasteiger partial charge in [-0.2, -0.15) is 5.06 Å². The summed E-state index contributed by atoms with van der Waals surface area (Å²) < 4.78 is 0. The van der Waals surface area contributed by atoms with Crippen LogP contribution in [0, 0.1) is 0 Å². The van der Waals surface area contributed by atoms with Gasteiger partial charge in [0.15, 0.2) is 6.29 Å². The molecule has 0 amide bonds. The van der Waals surface area contributed by atoms with Crippen molar-refractivity contribution in [3.8, 4) is 0 Å². The fourth-order valence-electron chi connectivity index (χ4n) is 1.91. The van der Waals surface area contributed by atoms with E-state index in [1.807, 2.05) is 37.3 Å². The third-order valence-corrected chi connectivity index (χ3v) is 2.86. The molecule has 5 heteroatoms. The molecule has 0 saturated carbocycles. The van der Waals surface area contributed by atoms with E-state index in [-0.39, 0.29) is 6.04 Å². The van der Waals surface area contributed by atoms with Crippen molar-refractivity contribution in [1.82, 2.24) is 5.06 Å². The van der Waals surface area contributed by atoms with Crippen LogP contribution in [0.25, 0.3) is 0 Å². The number of hydroxylamine groups is 2. The molecule has 0 spiro atoms. The lowest BCUT2D eigenvalue weighted by Crippen LogP contribution is -2.37. The molecular weight excluding hydrogens is 220 g/mol. The Hall–Kier alpha value is -1.43. The normalized spacial score (nSPS) is 23.9. The Morgan fingerprint density at radius 2 is 2.18 bits per heavy atom. The quantitative estimate of drug-likeness (QED) is 0.470. The summed E-state index contributed by atoms with van der Waals surface area (Å²) in [5.74, 6) is 0. The van der Waals surface area contributed by atoms with Crippen LogP contribution in [-0.2, 0) is 4.84 Å². The predicted molar refractivity (Wildman–Crippen MR) is 62.6 cm³/mol. The highest BCUT2D eigenvalue weighted by Gasteiger charge is 2.29. The SMILES string of the molecule is C[C@@H](/C(=N\O)c1ccccc1)N1CC[C@H](O)O1. The van der Waals surface area contributed by atoms with Gasteiger partial charge in [-0.05, 0) is 6.92 Å². The Bertz CT molecular complexity index is 394. The molecule has 1 aliphatic rings. The summed E-state index contributed by atoms with van der Waals surface area (Å²) in [5.41, 5.74) is 1.37. The van der Waals surface area contributed by atoms with Gasteiger partial charge in [-0.1, -0.05) is 35.5 Å². The summed E-state index contributed by atoms with van der Waals surface area (Å²) in [6.07, 6.45) is -0.189. The molecular formula is C12H16N2O3. The van der Waals surface area contributed by atoms with Gasteiger partial charge in [-0.3, -0.25) is 4.84 Å². The molecule has 17 heavy (non-hydrogen) atoms. The molecule has 92 valence electrons. The van der Waals surface area contributed by atoms with Gasteiger partial charge < -0.3 is 10.3 Å². The summed E-state index contributed by atoms with van der Waals surface area (Å²) in [7, 11) is 0. The highest BCUT2D eigenvalue weighted by atomic mass is 16.8. The van der Waals surface area contributed by atoms with E-state index in [2.05, 4.69) is 5.16 Å². The number of benzene rings is 1. The Kier molecular flexibility index (Phi) is 3.73. The number of aliphatic hydroxyl groups excluding tert-OH is 1. The summed E-state index contributed by atoms with van der Waals surface area (Å²) in [4.78, 5) is 5.22. The molecule has 2 atom stereocenters. The van der Waals surface area contributed by atoms with Crippen LogP contribution in [0.3, 0.4) is 0 Å². The lowest BCUT2D eigenvalue weighted by Gasteiger charge is -2.23. The van der Waals surface area contributed by atoms with Crippen LogP contribution in [0.4, 0.5) is 0 Å². The average Bonchev–Trinajstić information content (AvgIpc) is 2.78. The molecule has 5 nitrogen and oxygen atoms in total. The second kappa shape index (κ2) is 5.27. The van der Waals surface area contributed by atoms with Crippen molar-refractivity contribution in [1.29, 1.82) is 0 Å². The first-order chi connectivity index (χ1) is 8.22. The molecule has 1 saturated heterocycles. The highest BCUT2D eigenvalue weighted by Crippen LogP contribution is 2.17. The molecule has 2 N–H and O–H groups in total. The third-order valence-electron chi connectivity index (χ3n) is 2.86. The van der Waals surface area contributed by atoms with Crippen molar-refractivity contribution >= 4 is 5.71 Å². The first-order valence-corrected chi connectivity index (χ1v) is 5.61. The smallest absolute Gasteiger partial charge is 0.176 e. The number of aliphatic hydroxyl groups is 1. The first-order valence-electron chi connectivity index (χ1n) is 5.61. The number of hydrogen-bond acceptors (Lipinski definition) is 5. The third kappa shape index (κ3) is 2.63. The Morgan fingerprint density at radius 1 is 1.47 bits per heavy atom. The monoisotopic (exact) mass is 236 g/mol. The van der Waals surface area contributed by atoms with E-state index in [1.54, 1.807) is 5.06 Å². The van der Waals surface area contributed by atoms with Crippen molar-refractivity contribution in [2.75, 3.05) is 6.54 Å².